The smallest absolute Gasteiger partial charge is 0.326 e. The third-order valence-electron chi connectivity index (χ3n) is 3.88. The average Bonchev–Trinajstić information content (AvgIpc) is 2.54. The highest BCUT2D eigenvalue weighted by Gasteiger charge is 2.33. The van der Waals surface area contributed by atoms with Crippen LogP contribution in [-0.2, 0) is 4.79 Å². The van der Waals surface area contributed by atoms with Crippen molar-refractivity contribution in [2.75, 3.05) is 5.32 Å². The van der Waals surface area contributed by atoms with Crippen LogP contribution in [0.3, 0.4) is 0 Å². The van der Waals surface area contributed by atoms with Gasteiger partial charge in [0.25, 0.3) is 5.91 Å². The lowest BCUT2D eigenvalue weighted by Gasteiger charge is -2.32. The number of carboxylic acid groups (broad SMARTS) is 1. The van der Waals surface area contributed by atoms with E-state index in [0.29, 0.717) is 26.9 Å². The van der Waals surface area contributed by atoms with Gasteiger partial charge in [0.1, 0.15) is 6.04 Å². The topological polar surface area (TPSA) is 78.4 Å². The number of anilines is 1. The van der Waals surface area contributed by atoms with Crippen molar-refractivity contribution in [2.45, 2.75) is 18.5 Å². The molecule has 0 bridgehead atoms. The van der Waals surface area contributed by atoms with Crippen molar-refractivity contribution in [1.82, 2.24) is 5.32 Å². The third-order valence-corrected chi connectivity index (χ3v) is 4.41. The first-order chi connectivity index (χ1) is 11.5. The Morgan fingerprint density at radius 3 is 2.54 bits per heavy atom. The van der Waals surface area contributed by atoms with E-state index < -0.39 is 18.1 Å². The van der Waals surface area contributed by atoms with Crippen molar-refractivity contribution in [3.8, 4) is 0 Å². The Bertz CT molecular complexity index is 796. The Morgan fingerprint density at radius 1 is 1.17 bits per heavy atom. The number of benzene rings is 2. The molecule has 0 aromatic heterocycles. The summed E-state index contributed by atoms with van der Waals surface area (Å²) >= 11 is 12.3. The maximum Gasteiger partial charge on any atom is 0.326 e. The molecule has 0 saturated heterocycles. The van der Waals surface area contributed by atoms with E-state index in [4.69, 9.17) is 23.2 Å². The zero-order chi connectivity index (χ0) is 17.3. The van der Waals surface area contributed by atoms with Crippen molar-refractivity contribution in [3.63, 3.8) is 0 Å². The summed E-state index contributed by atoms with van der Waals surface area (Å²) in [5.41, 5.74) is 1.65. The van der Waals surface area contributed by atoms with E-state index in [1.54, 1.807) is 36.4 Å². The summed E-state index contributed by atoms with van der Waals surface area (Å²) in [6.45, 7) is 0. The number of hydrogen-bond acceptors (Lipinski definition) is 3. The molecule has 1 amide bonds. The lowest BCUT2D eigenvalue weighted by atomic mass is 9.92. The van der Waals surface area contributed by atoms with Crippen LogP contribution in [0.4, 0.5) is 5.69 Å². The first-order valence-electron chi connectivity index (χ1n) is 7.30. The molecule has 1 heterocycles. The molecule has 7 heteroatoms. The summed E-state index contributed by atoms with van der Waals surface area (Å²) < 4.78 is 0. The second-order valence-corrected chi connectivity index (χ2v) is 6.36. The van der Waals surface area contributed by atoms with Gasteiger partial charge in [-0.15, -0.1) is 0 Å². The first-order valence-corrected chi connectivity index (χ1v) is 8.05. The van der Waals surface area contributed by atoms with Crippen LogP contribution in [0.15, 0.2) is 42.5 Å². The van der Waals surface area contributed by atoms with Crippen LogP contribution in [0.2, 0.25) is 10.0 Å². The summed E-state index contributed by atoms with van der Waals surface area (Å²) in [6.07, 6.45) is 0.183. The molecule has 0 spiro atoms. The molecular formula is C17H14Cl2N2O3. The molecule has 2 atom stereocenters. The van der Waals surface area contributed by atoms with Gasteiger partial charge in [0, 0.05) is 33.3 Å². The van der Waals surface area contributed by atoms with Crippen molar-refractivity contribution in [2.24, 2.45) is 0 Å². The second-order valence-electron chi connectivity index (χ2n) is 5.51. The Morgan fingerprint density at radius 2 is 1.88 bits per heavy atom. The summed E-state index contributed by atoms with van der Waals surface area (Å²) in [5.74, 6) is -1.29. The molecule has 2 aromatic carbocycles. The number of rotatable bonds is 3. The minimum atomic E-state index is -1.00. The number of carbonyl (C=O) groups is 2. The van der Waals surface area contributed by atoms with Crippen LogP contribution < -0.4 is 10.6 Å². The molecule has 124 valence electrons. The van der Waals surface area contributed by atoms with Gasteiger partial charge >= 0.3 is 5.97 Å². The fraction of sp³-hybridized carbons (Fsp3) is 0.176. The highest BCUT2D eigenvalue weighted by Crippen LogP contribution is 2.39. The van der Waals surface area contributed by atoms with E-state index in [-0.39, 0.29) is 12.3 Å². The van der Waals surface area contributed by atoms with E-state index in [1.165, 1.54) is 0 Å². The molecule has 0 saturated carbocycles. The van der Waals surface area contributed by atoms with Gasteiger partial charge in [-0.05, 0) is 24.3 Å². The normalized spacial score (nSPS) is 19.1. The third kappa shape index (κ3) is 3.32. The van der Waals surface area contributed by atoms with Crippen LogP contribution >= 0.6 is 23.2 Å². The van der Waals surface area contributed by atoms with E-state index >= 15 is 0 Å². The molecular weight excluding hydrogens is 351 g/mol. The van der Waals surface area contributed by atoms with Crippen LogP contribution in [0.1, 0.15) is 28.4 Å². The lowest BCUT2D eigenvalue weighted by Crippen LogP contribution is -2.41. The molecule has 3 N–H and O–H groups in total. The van der Waals surface area contributed by atoms with E-state index in [1.807, 2.05) is 6.07 Å². The Balaban J connectivity index is 1.95. The van der Waals surface area contributed by atoms with Gasteiger partial charge < -0.3 is 15.7 Å². The number of fused-ring (bicyclic) bond motifs is 1. The number of carbonyl (C=O) groups excluding carboxylic acids is 1. The second kappa shape index (κ2) is 6.71. The number of aliphatic carboxylic acids is 1. The zero-order valence-corrected chi connectivity index (χ0v) is 13.9. The molecule has 3 rings (SSSR count). The standard InChI is InChI=1S/C17H14Cl2N2O3/c18-10-6-11(19)15-12(7-10)20-14(17(23)24)8-13(15)21-16(22)9-4-2-1-3-5-9/h1-7,13-14,20H,8H2,(H,21,22)(H,23,24)/t13-,14+/m1/s1. The predicted octanol–water partition coefficient (Wildman–Crippen LogP) is 3.73. The van der Waals surface area contributed by atoms with Crippen molar-refractivity contribution < 1.29 is 14.7 Å². The maximum atomic E-state index is 12.4. The monoisotopic (exact) mass is 364 g/mol. The number of carboxylic acids is 1. The van der Waals surface area contributed by atoms with E-state index in [0.717, 1.165) is 0 Å². The molecule has 0 aliphatic carbocycles. The number of hydrogen-bond donors (Lipinski definition) is 3. The molecule has 0 fully saturated rings. The van der Waals surface area contributed by atoms with E-state index in [9.17, 15) is 14.7 Å². The Kier molecular flexibility index (Phi) is 4.64. The van der Waals surface area contributed by atoms with Crippen LogP contribution in [0, 0.1) is 0 Å². The van der Waals surface area contributed by atoms with Crippen LogP contribution in [0.25, 0.3) is 0 Å². The molecule has 2 aromatic rings. The van der Waals surface area contributed by atoms with Gasteiger partial charge in [-0.2, -0.15) is 0 Å². The molecule has 1 aliphatic heterocycles. The molecule has 0 radical (unpaired) electrons. The van der Waals surface area contributed by atoms with Gasteiger partial charge in [0.2, 0.25) is 0 Å². The van der Waals surface area contributed by atoms with Crippen molar-refractivity contribution in [1.29, 1.82) is 0 Å². The minimum Gasteiger partial charge on any atom is -0.480 e. The largest absolute Gasteiger partial charge is 0.480 e. The SMILES string of the molecule is O=C(N[C@@H]1C[C@@H](C(=O)O)Nc2cc(Cl)cc(Cl)c21)c1ccccc1. The fourth-order valence-corrected chi connectivity index (χ4v) is 3.41. The Hall–Kier alpha value is -2.24. The highest BCUT2D eigenvalue weighted by atomic mass is 35.5. The van der Waals surface area contributed by atoms with Gasteiger partial charge in [-0.1, -0.05) is 41.4 Å². The number of amides is 1. The molecule has 5 nitrogen and oxygen atoms in total. The molecule has 24 heavy (non-hydrogen) atoms. The minimum absolute atomic E-state index is 0.183. The number of halogens is 2. The molecule has 0 unspecified atom stereocenters. The first kappa shape index (κ1) is 16.6. The maximum absolute atomic E-state index is 12.4. The van der Waals surface area contributed by atoms with Crippen LogP contribution in [-0.4, -0.2) is 23.0 Å². The fourth-order valence-electron chi connectivity index (χ4n) is 2.78. The van der Waals surface area contributed by atoms with Crippen LogP contribution in [0.5, 0.6) is 0 Å². The van der Waals surface area contributed by atoms with Gasteiger partial charge in [0.15, 0.2) is 0 Å². The molecule has 1 aliphatic rings. The van der Waals surface area contributed by atoms with Crippen molar-refractivity contribution >= 4 is 40.8 Å². The summed E-state index contributed by atoms with van der Waals surface area (Å²) in [4.78, 5) is 23.8. The quantitative estimate of drug-likeness (QED) is 0.775. The zero-order valence-electron chi connectivity index (χ0n) is 12.4. The van der Waals surface area contributed by atoms with Gasteiger partial charge in [-0.3, -0.25) is 4.79 Å². The summed E-state index contributed by atoms with van der Waals surface area (Å²) in [6, 6.07) is 10.5. The summed E-state index contributed by atoms with van der Waals surface area (Å²) in [7, 11) is 0. The van der Waals surface area contributed by atoms with Gasteiger partial charge in [0.05, 0.1) is 6.04 Å². The average molecular weight is 365 g/mol. The highest BCUT2D eigenvalue weighted by molar-refractivity contribution is 6.35. The predicted molar refractivity (Wildman–Crippen MR) is 92.8 cm³/mol. The lowest BCUT2D eigenvalue weighted by molar-refractivity contribution is -0.138. The Labute approximate surface area is 148 Å². The van der Waals surface area contributed by atoms with E-state index in [2.05, 4.69) is 10.6 Å². The summed E-state index contributed by atoms with van der Waals surface area (Å²) in [5, 5.41) is 15.9. The number of nitrogens with one attached hydrogen (secondary N) is 2. The van der Waals surface area contributed by atoms with Crippen molar-refractivity contribution in [3.05, 3.63) is 63.6 Å². The van der Waals surface area contributed by atoms with Gasteiger partial charge in [-0.25, -0.2) is 4.79 Å².